The maximum Gasteiger partial charge on any atom is 0.454 e. The van der Waals surface area contributed by atoms with Crippen LogP contribution in [-0.4, -0.2) is 23.9 Å². The summed E-state index contributed by atoms with van der Waals surface area (Å²) in [6.45, 7) is 0. The van der Waals surface area contributed by atoms with Gasteiger partial charge in [-0.2, -0.15) is 35.1 Å². The summed E-state index contributed by atoms with van der Waals surface area (Å²) >= 11 is 2.02. The van der Waals surface area contributed by atoms with E-state index in [9.17, 15) is 35.9 Å². The molecule has 190 valence electrons. The van der Waals surface area contributed by atoms with Crippen molar-refractivity contribution < 1.29 is 44.7 Å². The zero-order valence-corrected chi connectivity index (χ0v) is 19.6. The van der Waals surface area contributed by atoms with Gasteiger partial charge in [0.25, 0.3) is 11.6 Å². The van der Waals surface area contributed by atoms with Gasteiger partial charge in [0.1, 0.15) is 0 Å². The normalized spacial score (nSPS) is 14.4. The Bertz CT molecular complexity index is 1420. The number of hydrogen-bond acceptors (Lipinski definition) is 4. The summed E-state index contributed by atoms with van der Waals surface area (Å²) in [4.78, 5) is 24.0. The summed E-state index contributed by atoms with van der Waals surface area (Å²) < 4.78 is 106. The van der Waals surface area contributed by atoms with Gasteiger partial charge in [0.15, 0.2) is 0 Å². The van der Waals surface area contributed by atoms with E-state index in [4.69, 9.17) is 0 Å². The third-order valence-corrected chi connectivity index (χ3v) is 8.26. The molecule has 12 heteroatoms. The zero-order valence-electron chi connectivity index (χ0n) is 17.9. The van der Waals surface area contributed by atoms with Crippen molar-refractivity contribution in [3.05, 3.63) is 82.9 Å². The van der Waals surface area contributed by atoms with E-state index in [1.165, 1.54) is 36.4 Å². The summed E-state index contributed by atoms with van der Waals surface area (Å²) in [5.74, 6) is -7.39. The molecule has 0 radical (unpaired) electrons. The molecule has 2 aromatic heterocycles. The number of thiophene rings is 2. The Morgan fingerprint density at radius 3 is 1.22 bits per heavy atom. The van der Waals surface area contributed by atoms with Crippen LogP contribution in [0.25, 0.3) is 30.6 Å². The molecule has 4 aromatic rings. The Morgan fingerprint density at radius 1 is 0.595 bits per heavy atom. The minimum absolute atomic E-state index is 0.262. The molecule has 0 fully saturated rings. The number of fused-ring (bicyclic) bond motifs is 3. The molecule has 0 amide bonds. The summed E-state index contributed by atoms with van der Waals surface area (Å²) in [5, 5.41) is 0. The molecule has 1 aliphatic carbocycles. The Kier molecular flexibility index (Phi) is 5.68. The molecule has 0 unspecified atom stereocenters. The lowest BCUT2D eigenvalue weighted by Crippen LogP contribution is -2.22. The van der Waals surface area contributed by atoms with Gasteiger partial charge in [-0.25, -0.2) is 0 Å². The van der Waals surface area contributed by atoms with Crippen molar-refractivity contribution in [2.24, 2.45) is 0 Å². The van der Waals surface area contributed by atoms with Gasteiger partial charge in [-0.15, -0.1) is 22.7 Å². The molecular weight excluding hydrogens is 548 g/mol. The van der Waals surface area contributed by atoms with E-state index in [1.807, 2.05) is 0 Å². The van der Waals surface area contributed by atoms with Gasteiger partial charge in [0.05, 0.1) is 9.75 Å². The maximum atomic E-state index is 15.3. The molecule has 0 atom stereocenters. The van der Waals surface area contributed by atoms with Gasteiger partial charge in [0, 0.05) is 32.0 Å². The van der Waals surface area contributed by atoms with E-state index in [0.717, 1.165) is 46.9 Å². The molecule has 1 aliphatic rings. The summed E-state index contributed by atoms with van der Waals surface area (Å²) in [6, 6.07) is 11.4. The molecular formula is C25H10F8O2S2. The van der Waals surface area contributed by atoms with E-state index in [2.05, 4.69) is 0 Å². The minimum atomic E-state index is -5.03. The smallest absolute Gasteiger partial charge is 0.284 e. The maximum absolute atomic E-state index is 15.3. The van der Waals surface area contributed by atoms with Crippen LogP contribution in [0.4, 0.5) is 35.1 Å². The molecule has 0 N–H and O–H groups in total. The fourth-order valence-electron chi connectivity index (χ4n) is 3.91. The van der Waals surface area contributed by atoms with Crippen molar-refractivity contribution in [3.8, 4) is 30.6 Å². The number of halogens is 8. The standard InChI is InChI=1S/C25H10F8O2S2/c26-23(27)15-9-17(11-1-5-13(6-2-11)21(34)24(28,29)30)36-19(15)20-16(23)10-18(37-20)12-3-7-14(8-4-12)22(35)25(31,32)33/h1-10H. The van der Waals surface area contributed by atoms with Gasteiger partial charge >= 0.3 is 18.3 Å². The zero-order chi connectivity index (χ0) is 26.9. The van der Waals surface area contributed by atoms with E-state index in [0.29, 0.717) is 20.9 Å². The van der Waals surface area contributed by atoms with Crippen molar-refractivity contribution >= 4 is 34.2 Å². The van der Waals surface area contributed by atoms with Crippen LogP contribution in [0.1, 0.15) is 31.8 Å². The molecule has 37 heavy (non-hydrogen) atoms. The first-order valence-corrected chi connectivity index (χ1v) is 11.9. The van der Waals surface area contributed by atoms with Crippen molar-refractivity contribution in [2.45, 2.75) is 18.3 Å². The third-order valence-electron chi connectivity index (χ3n) is 5.73. The highest BCUT2D eigenvalue weighted by atomic mass is 32.1. The molecule has 2 nitrogen and oxygen atoms in total. The third kappa shape index (κ3) is 4.27. The van der Waals surface area contributed by atoms with Crippen LogP contribution in [0, 0.1) is 0 Å². The topological polar surface area (TPSA) is 34.1 Å². The number of Topliss-reactive ketones (excluding diaryl/α,β-unsaturated/α-hetero) is 2. The number of benzene rings is 2. The second kappa shape index (κ2) is 8.32. The molecule has 0 spiro atoms. The van der Waals surface area contributed by atoms with Crippen molar-refractivity contribution in [1.29, 1.82) is 0 Å². The Balaban J connectivity index is 1.47. The van der Waals surface area contributed by atoms with Gasteiger partial charge in [-0.05, 0) is 23.3 Å². The van der Waals surface area contributed by atoms with Crippen molar-refractivity contribution in [2.75, 3.05) is 0 Å². The average molecular weight is 558 g/mol. The fourth-order valence-corrected chi connectivity index (χ4v) is 6.47. The van der Waals surface area contributed by atoms with Crippen molar-refractivity contribution in [1.82, 2.24) is 0 Å². The fraction of sp³-hybridized carbons (Fsp3) is 0.120. The van der Waals surface area contributed by atoms with Crippen LogP contribution in [0.2, 0.25) is 0 Å². The Morgan fingerprint density at radius 2 is 0.919 bits per heavy atom. The molecule has 0 aliphatic heterocycles. The molecule has 0 saturated carbocycles. The number of ketones is 2. The molecule has 2 heterocycles. The number of carbonyl (C=O) groups excluding carboxylic acids is 2. The van der Waals surface area contributed by atoms with Crippen LogP contribution in [-0.2, 0) is 5.92 Å². The second-order valence-electron chi connectivity index (χ2n) is 8.09. The average Bonchev–Trinajstić information content (AvgIpc) is 3.51. The highest BCUT2D eigenvalue weighted by Crippen LogP contribution is 2.59. The lowest BCUT2D eigenvalue weighted by atomic mass is 10.0. The van der Waals surface area contributed by atoms with Crippen LogP contribution < -0.4 is 0 Å². The first kappa shape index (κ1) is 25.3. The van der Waals surface area contributed by atoms with E-state index >= 15 is 8.78 Å². The van der Waals surface area contributed by atoms with Crippen LogP contribution in [0.15, 0.2) is 60.7 Å². The van der Waals surface area contributed by atoms with Crippen LogP contribution in [0.5, 0.6) is 0 Å². The van der Waals surface area contributed by atoms with E-state index in [1.54, 1.807) is 0 Å². The Labute approximate surface area is 210 Å². The molecule has 5 rings (SSSR count). The number of hydrogen-bond donors (Lipinski definition) is 0. The minimum Gasteiger partial charge on any atom is -0.284 e. The predicted octanol–water partition coefficient (Wildman–Crippen LogP) is 8.75. The van der Waals surface area contributed by atoms with Gasteiger partial charge in [-0.1, -0.05) is 48.5 Å². The summed E-state index contributed by atoms with van der Waals surface area (Å²) in [5.41, 5.74) is -0.948. The molecule has 2 aromatic carbocycles. The molecule has 0 saturated heterocycles. The lowest BCUT2D eigenvalue weighted by Gasteiger charge is -2.10. The predicted molar refractivity (Wildman–Crippen MR) is 122 cm³/mol. The van der Waals surface area contributed by atoms with E-state index in [-0.39, 0.29) is 20.9 Å². The first-order chi connectivity index (χ1) is 17.2. The second-order valence-corrected chi connectivity index (χ2v) is 10.2. The molecule has 0 bridgehead atoms. The van der Waals surface area contributed by atoms with Gasteiger partial charge in [-0.3, -0.25) is 9.59 Å². The number of carbonyl (C=O) groups is 2. The highest BCUT2D eigenvalue weighted by molar-refractivity contribution is 7.25. The summed E-state index contributed by atoms with van der Waals surface area (Å²) in [7, 11) is 0. The monoisotopic (exact) mass is 558 g/mol. The number of alkyl halides is 8. The van der Waals surface area contributed by atoms with Gasteiger partial charge in [0.2, 0.25) is 0 Å². The van der Waals surface area contributed by atoms with Crippen LogP contribution >= 0.6 is 22.7 Å². The Hall–Kier alpha value is -3.38. The van der Waals surface area contributed by atoms with Gasteiger partial charge < -0.3 is 0 Å². The highest BCUT2D eigenvalue weighted by Gasteiger charge is 2.48. The van der Waals surface area contributed by atoms with Crippen molar-refractivity contribution in [3.63, 3.8) is 0 Å². The van der Waals surface area contributed by atoms with Crippen LogP contribution in [0.3, 0.4) is 0 Å². The summed E-state index contributed by atoms with van der Waals surface area (Å²) in [6.07, 6.45) is -10.1. The lowest BCUT2D eigenvalue weighted by molar-refractivity contribution is -0.0888. The quantitative estimate of drug-likeness (QED) is 0.185. The SMILES string of the molecule is O=C(c1ccc(-c2cc3c(s2)-c2sc(-c4ccc(C(=O)C(F)(F)F)cc4)cc2C3(F)F)cc1)C(F)(F)F. The van der Waals surface area contributed by atoms with E-state index < -0.39 is 41.0 Å². The first-order valence-electron chi connectivity index (χ1n) is 10.3. The largest absolute Gasteiger partial charge is 0.454 e. The number of rotatable bonds is 4.